The van der Waals surface area contributed by atoms with E-state index >= 15 is 0 Å². The lowest BCUT2D eigenvalue weighted by Crippen LogP contribution is -2.36. The van der Waals surface area contributed by atoms with Crippen molar-refractivity contribution in [2.24, 2.45) is 5.73 Å². The first-order chi connectivity index (χ1) is 11.0. The van der Waals surface area contributed by atoms with E-state index in [1.807, 2.05) is 6.92 Å². The minimum atomic E-state index is -0.0540. The maximum Gasteiger partial charge on any atom is 0.251 e. The van der Waals surface area contributed by atoms with E-state index in [-0.39, 0.29) is 30.3 Å². The van der Waals surface area contributed by atoms with Crippen LogP contribution in [-0.2, 0) is 4.79 Å². The van der Waals surface area contributed by atoms with Gasteiger partial charge >= 0.3 is 0 Å². The van der Waals surface area contributed by atoms with Gasteiger partial charge in [-0.25, -0.2) is 0 Å². The minimum absolute atomic E-state index is 0. The van der Waals surface area contributed by atoms with Crippen LogP contribution in [0, 0.1) is 0 Å². The number of carbonyl (C=O) groups excluding carboxylic acids is 2. The van der Waals surface area contributed by atoms with E-state index in [2.05, 4.69) is 10.6 Å². The Morgan fingerprint density at radius 3 is 2.38 bits per heavy atom. The first kappa shape index (κ1) is 20.5. The van der Waals surface area contributed by atoms with Gasteiger partial charge in [0.05, 0.1) is 0 Å². The molecule has 0 aliphatic heterocycles. The highest BCUT2D eigenvalue weighted by atomic mass is 35.5. The van der Waals surface area contributed by atoms with Crippen molar-refractivity contribution in [3.63, 3.8) is 0 Å². The summed E-state index contributed by atoms with van der Waals surface area (Å²) in [5, 5.41) is 5.91. The Bertz CT molecular complexity index is 526. The Balaban J connectivity index is 0.00000288. The van der Waals surface area contributed by atoms with Gasteiger partial charge < -0.3 is 16.4 Å². The summed E-state index contributed by atoms with van der Waals surface area (Å²) in [6, 6.07) is 7.35. The van der Waals surface area contributed by atoms with Crippen molar-refractivity contribution in [2.45, 2.75) is 64.0 Å². The molecule has 1 unspecified atom stereocenters. The Morgan fingerprint density at radius 1 is 1.17 bits per heavy atom. The van der Waals surface area contributed by atoms with Crippen molar-refractivity contribution >= 4 is 29.9 Å². The fourth-order valence-electron chi connectivity index (χ4n) is 2.80. The lowest BCUT2D eigenvalue weighted by Gasteiger charge is -2.22. The summed E-state index contributed by atoms with van der Waals surface area (Å²) in [6.45, 7) is 1.88. The Kier molecular flexibility index (Phi) is 8.79. The average molecular weight is 354 g/mol. The van der Waals surface area contributed by atoms with Gasteiger partial charge in [-0.1, -0.05) is 19.3 Å². The number of nitrogens with two attached hydrogens (primary N) is 1. The van der Waals surface area contributed by atoms with Crippen LogP contribution in [-0.4, -0.2) is 23.9 Å². The summed E-state index contributed by atoms with van der Waals surface area (Å²) in [5.41, 5.74) is 6.97. The van der Waals surface area contributed by atoms with Crippen LogP contribution in [0.25, 0.3) is 0 Å². The third-order valence-electron chi connectivity index (χ3n) is 4.20. The van der Waals surface area contributed by atoms with Crippen LogP contribution in [0.2, 0.25) is 0 Å². The van der Waals surface area contributed by atoms with Crippen LogP contribution in [0.3, 0.4) is 0 Å². The van der Waals surface area contributed by atoms with Gasteiger partial charge in [0.15, 0.2) is 0 Å². The Morgan fingerprint density at radius 2 is 1.79 bits per heavy atom. The van der Waals surface area contributed by atoms with Crippen molar-refractivity contribution in [3.05, 3.63) is 29.8 Å². The highest BCUT2D eigenvalue weighted by Gasteiger charge is 2.16. The van der Waals surface area contributed by atoms with Crippen molar-refractivity contribution in [2.75, 3.05) is 5.32 Å². The molecule has 1 aromatic carbocycles. The smallest absolute Gasteiger partial charge is 0.251 e. The largest absolute Gasteiger partial charge is 0.349 e. The maximum atomic E-state index is 12.2. The molecule has 0 aromatic heterocycles. The second-order valence-electron chi connectivity index (χ2n) is 6.45. The van der Waals surface area contributed by atoms with Gasteiger partial charge in [-0.05, 0) is 50.5 Å². The zero-order chi connectivity index (χ0) is 16.7. The number of nitrogens with one attached hydrogen (secondary N) is 2. The molecule has 2 amide bonds. The van der Waals surface area contributed by atoms with Gasteiger partial charge in [0.2, 0.25) is 5.91 Å². The number of rotatable bonds is 6. The first-order valence-electron chi connectivity index (χ1n) is 8.51. The molecule has 6 heteroatoms. The molecule has 0 saturated heterocycles. The maximum absolute atomic E-state index is 12.2. The number of benzene rings is 1. The lowest BCUT2D eigenvalue weighted by molar-refractivity contribution is -0.116. The number of carbonyl (C=O) groups is 2. The van der Waals surface area contributed by atoms with E-state index in [0.29, 0.717) is 30.1 Å². The minimum Gasteiger partial charge on any atom is -0.349 e. The fourth-order valence-corrected chi connectivity index (χ4v) is 2.80. The second-order valence-corrected chi connectivity index (χ2v) is 6.45. The van der Waals surface area contributed by atoms with E-state index in [1.54, 1.807) is 24.3 Å². The molecular weight excluding hydrogens is 326 g/mol. The molecule has 2 rings (SSSR count). The quantitative estimate of drug-likeness (QED) is 0.734. The van der Waals surface area contributed by atoms with Crippen LogP contribution in [0.5, 0.6) is 0 Å². The standard InChI is InChI=1S/C18H27N3O2.ClH/c1-13(19)7-12-17(22)20-16-10-8-14(9-11-16)18(23)21-15-5-3-2-4-6-15;/h8-11,13,15H,2-7,12,19H2,1H3,(H,20,22)(H,21,23);1H. The summed E-state index contributed by atoms with van der Waals surface area (Å²) in [7, 11) is 0. The second kappa shape index (κ2) is 10.3. The van der Waals surface area contributed by atoms with Gasteiger partial charge in [0.25, 0.3) is 5.91 Å². The van der Waals surface area contributed by atoms with E-state index in [0.717, 1.165) is 12.8 Å². The molecule has 0 spiro atoms. The van der Waals surface area contributed by atoms with Crippen LogP contribution >= 0.6 is 12.4 Å². The van der Waals surface area contributed by atoms with Crippen molar-refractivity contribution in [1.29, 1.82) is 0 Å². The zero-order valence-electron chi connectivity index (χ0n) is 14.2. The van der Waals surface area contributed by atoms with E-state index in [1.165, 1.54) is 19.3 Å². The predicted octanol–water partition coefficient (Wildman–Crippen LogP) is 3.24. The van der Waals surface area contributed by atoms with E-state index < -0.39 is 0 Å². The summed E-state index contributed by atoms with van der Waals surface area (Å²) >= 11 is 0. The molecule has 1 aliphatic carbocycles. The highest BCUT2D eigenvalue weighted by molar-refractivity contribution is 5.96. The molecule has 5 nitrogen and oxygen atoms in total. The highest BCUT2D eigenvalue weighted by Crippen LogP contribution is 2.18. The van der Waals surface area contributed by atoms with Gasteiger partial charge in [-0.3, -0.25) is 9.59 Å². The number of anilines is 1. The molecular formula is C18H28ClN3O2. The molecule has 1 fully saturated rings. The monoisotopic (exact) mass is 353 g/mol. The third kappa shape index (κ3) is 6.89. The summed E-state index contributed by atoms with van der Waals surface area (Å²) in [5.74, 6) is -0.0894. The fraction of sp³-hybridized carbons (Fsp3) is 0.556. The number of hydrogen-bond donors (Lipinski definition) is 3. The zero-order valence-corrected chi connectivity index (χ0v) is 15.0. The third-order valence-corrected chi connectivity index (χ3v) is 4.20. The summed E-state index contributed by atoms with van der Waals surface area (Å²) in [4.78, 5) is 24.0. The number of amides is 2. The van der Waals surface area contributed by atoms with Gasteiger partial charge in [-0.15, -0.1) is 12.4 Å². The normalized spacial score (nSPS) is 15.9. The lowest BCUT2D eigenvalue weighted by atomic mass is 9.95. The summed E-state index contributed by atoms with van der Waals surface area (Å²) < 4.78 is 0. The molecule has 1 atom stereocenters. The topological polar surface area (TPSA) is 84.2 Å². The molecule has 24 heavy (non-hydrogen) atoms. The Labute approximate surface area is 150 Å². The Hall–Kier alpha value is -1.59. The molecule has 4 N–H and O–H groups in total. The van der Waals surface area contributed by atoms with Crippen molar-refractivity contribution in [3.8, 4) is 0 Å². The average Bonchev–Trinajstić information content (AvgIpc) is 2.54. The molecule has 0 radical (unpaired) electrons. The van der Waals surface area contributed by atoms with Crippen LogP contribution in [0.15, 0.2) is 24.3 Å². The molecule has 1 aromatic rings. The molecule has 134 valence electrons. The van der Waals surface area contributed by atoms with Gasteiger partial charge in [0.1, 0.15) is 0 Å². The number of hydrogen-bond acceptors (Lipinski definition) is 3. The van der Waals surface area contributed by atoms with Crippen molar-refractivity contribution in [1.82, 2.24) is 5.32 Å². The summed E-state index contributed by atoms with van der Waals surface area (Å²) in [6.07, 6.45) is 6.85. The van der Waals surface area contributed by atoms with Gasteiger partial charge in [-0.2, -0.15) is 0 Å². The molecule has 0 heterocycles. The SMILES string of the molecule is CC(N)CCC(=O)Nc1ccc(C(=O)NC2CCCCC2)cc1.Cl. The van der Waals surface area contributed by atoms with Crippen LogP contribution in [0.1, 0.15) is 62.2 Å². The molecule has 1 saturated carbocycles. The molecule has 0 bridgehead atoms. The van der Waals surface area contributed by atoms with E-state index in [9.17, 15) is 9.59 Å². The molecule has 1 aliphatic rings. The van der Waals surface area contributed by atoms with E-state index in [4.69, 9.17) is 5.73 Å². The van der Waals surface area contributed by atoms with Crippen LogP contribution < -0.4 is 16.4 Å². The van der Waals surface area contributed by atoms with Crippen molar-refractivity contribution < 1.29 is 9.59 Å². The first-order valence-corrected chi connectivity index (χ1v) is 8.51. The number of halogens is 1. The van der Waals surface area contributed by atoms with Gasteiger partial charge in [0, 0.05) is 29.8 Å². The predicted molar refractivity (Wildman–Crippen MR) is 99.5 cm³/mol. The van der Waals surface area contributed by atoms with Crippen LogP contribution in [0.4, 0.5) is 5.69 Å².